The molecule has 7 heteroatoms. The van der Waals surface area contributed by atoms with Gasteiger partial charge in [-0.25, -0.2) is 14.4 Å². The van der Waals surface area contributed by atoms with E-state index in [4.69, 9.17) is 5.73 Å². The predicted molar refractivity (Wildman–Crippen MR) is 110 cm³/mol. The summed E-state index contributed by atoms with van der Waals surface area (Å²) in [4.78, 5) is 13.2. The second-order valence-electron chi connectivity index (χ2n) is 5.92. The molecule has 0 spiro atoms. The van der Waals surface area contributed by atoms with Crippen LogP contribution in [-0.2, 0) is 6.54 Å². The predicted octanol–water partition coefficient (Wildman–Crippen LogP) is 2.78. The number of halogens is 2. The van der Waals surface area contributed by atoms with Gasteiger partial charge in [-0.1, -0.05) is 18.2 Å². The fraction of sp³-hybridized carbons (Fsp3) is 0.333. The largest absolute Gasteiger partial charge is 0.370 e. The van der Waals surface area contributed by atoms with Crippen LogP contribution in [0.4, 0.5) is 10.2 Å². The Morgan fingerprint density at radius 1 is 1.20 bits per heavy atom. The minimum atomic E-state index is -0.193. The minimum absolute atomic E-state index is 0. The van der Waals surface area contributed by atoms with Crippen LogP contribution in [0.5, 0.6) is 0 Å². The molecule has 0 amide bonds. The first-order chi connectivity index (χ1) is 11.6. The van der Waals surface area contributed by atoms with Gasteiger partial charge in [0.25, 0.3) is 0 Å². The van der Waals surface area contributed by atoms with E-state index in [9.17, 15) is 4.39 Å². The van der Waals surface area contributed by atoms with Gasteiger partial charge < -0.3 is 15.5 Å². The Kier molecular flexibility index (Phi) is 6.98. The summed E-state index contributed by atoms with van der Waals surface area (Å²) >= 11 is 0. The van der Waals surface area contributed by atoms with Crippen LogP contribution in [0, 0.1) is 12.7 Å². The van der Waals surface area contributed by atoms with E-state index < -0.39 is 0 Å². The number of pyridine rings is 1. The molecule has 0 radical (unpaired) electrons. The lowest BCUT2D eigenvalue weighted by atomic mass is 10.1. The van der Waals surface area contributed by atoms with E-state index in [0.717, 1.165) is 37.6 Å². The van der Waals surface area contributed by atoms with E-state index in [0.29, 0.717) is 18.1 Å². The van der Waals surface area contributed by atoms with Crippen molar-refractivity contribution >= 4 is 35.8 Å². The maximum atomic E-state index is 13.3. The Bertz CT molecular complexity index is 715. The molecule has 2 heterocycles. The maximum absolute atomic E-state index is 13.3. The van der Waals surface area contributed by atoms with Crippen LogP contribution < -0.4 is 10.6 Å². The lowest BCUT2D eigenvalue weighted by Crippen LogP contribution is -2.51. The SMILES string of the molecule is Cc1cc(CN=C(N)N2CCN(c3ccccn3)CC2)ccc1F.I. The van der Waals surface area contributed by atoms with Gasteiger partial charge in [-0.2, -0.15) is 0 Å². The highest BCUT2D eigenvalue weighted by Gasteiger charge is 2.18. The van der Waals surface area contributed by atoms with Crippen molar-refractivity contribution in [2.45, 2.75) is 13.5 Å². The molecule has 1 aliphatic rings. The molecular formula is C18H23FIN5. The summed E-state index contributed by atoms with van der Waals surface area (Å²) in [7, 11) is 0. The van der Waals surface area contributed by atoms with Crippen molar-refractivity contribution in [2.75, 3.05) is 31.1 Å². The molecule has 134 valence electrons. The lowest BCUT2D eigenvalue weighted by molar-refractivity contribution is 0.379. The molecule has 0 unspecified atom stereocenters. The number of nitrogens with zero attached hydrogens (tertiary/aromatic N) is 4. The molecule has 0 aliphatic carbocycles. The Morgan fingerprint density at radius 3 is 2.60 bits per heavy atom. The smallest absolute Gasteiger partial charge is 0.191 e. The number of hydrogen-bond acceptors (Lipinski definition) is 3. The second kappa shape index (κ2) is 8.98. The number of aryl methyl sites for hydroxylation is 1. The van der Waals surface area contributed by atoms with Gasteiger partial charge in [0.2, 0.25) is 0 Å². The van der Waals surface area contributed by atoms with Crippen LogP contribution in [0.2, 0.25) is 0 Å². The first kappa shape index (κ1) is 19.4. The molecule has 0 atom stereocenters. The third-order valence-corrected chi connectivity index (χ3v) is 4.22. The summed E-state index contributed by atoms with van der Waals surface area (Å²) in [5.41, 5.74) is 7.71. The van der Waals surface area contributed by atoms with E-state index >= 15 is 0 Å². The molecule has 25 heavy (non-hydrogen) atoms. The number of rotatable bonds is 3. The average Bonchev–Trinajstić information content (AvgIpc) is 2.63. The summed E-state index contributed by atoms with van der Waals surface area (Å²) in [5.74, 6) is 1.34. The highest BCUT2D eigenvalue weighted by Crippen LogP contribution is 2.13. The lowest BCUT2D eigenvalue weighted by Gasteiger charge is -2.35. The molecule has 1 aromatic carbocycles. The quantitative estimate of drug-likeness (QED) is 0.440. The number of aromatic nitrogens is 1. The van der Waals surface area contributed by atoms with E-state index in [1.165, 1.54) is 6.07 Å². The fourth-order valence-electron chi connectivity index (χ4n) is 2.78. The molecule has 2 N–H and O–H groups in total. The number of benzene rings is 1. The second-order valence-corrected chi connectivity index (χ2v) is 5.92. The molecule has 3 rings (SSSR count). The van der Waals surface area contributed by atoms with Gasteiger partial charge in [-0.3, -0.25) is 0 Å². The Hall–Kier alpha value is -1.90. The average molecular weight is 455 g/mol. The minimum Gasteiger partial charge on any atom is -0.370 e. The van der Waals surface area contributed by atoms with Crippen LogP contribution in [0.3, 0.4) is 0 Å². The van der Waals surface area contributed by atoms with E-state index in [-0.39, 0.29) is 29.8 Å². The number of guanidine groups is 1. The molecular weight excluding hydrogens is 432 g/mol. The molecule has 1 aromatic heterocycles. The van der Waals surface area contributed by atoms with E-state index in [1.54, 1.807) is 13.0 Å². The zero-order valence-electron chi connectivity index (χ0n) is 14.2. The van der Waals surface area contributed by atoms with Crippen LogP contribution in [0.25, 0.3) is 0 Å². The van der Waals surface area contributed by atoms with Gasteiger partial charge in [0.15, 0.2) is 5.96 Å². The summed E-state index contributed by atoms with van der Waals surface area (Å²) < 4.78 is 13.3. The van der Waals surface area contributed by atoms with Gasteiger partial charge in [0.05, 0.1) is 6.54 Å². The standard InChI is InChI=1S/C18H22FN5.HI/c1-14-12-15(5-6-16(14)19)13-22-18(20)24-10-8-23(9-11-24)17-4-2-3-7-21-17;/h2-7,12H,8-11,13H2,1H3,(H2,20,22);1H. The van der Waals surface area contributed by atoms with Crippen molar-refractivity contribution in [1.29, 1.82) is 0 Å². The number of piperazine rings is 1. The number of nitrogens with two attached hydrogens (primary N) is 1. The molecule has 1 saturated heterocycles. The van der Waals surface area contributed by atoms with Gasteiger partial charge >= 0.3 is 0 Å². The summed E-state index contributed by atoms with van der Waals surface area (Å²) in [5, 5.41) is 0. The third-order valence-electron chi connectivity index (χ3n) is 4.22. The monoisotopic (exact) mass is 455 g/mol. The summed E-state index contributed by atoms with van der Waals surface area (Å²) in [6.45, 7) is 5.57. The Labute approximate surface area is 164 Å². The van der Waals surface area contributed by atoms with E-state index in [2.05, 4.69) is 19.8 Å². The molecule has 0 bridgehead atoms. The van der Waals surface area contributed by atoms with Gasteiger partial charge in [-0.05, 0) is 36.2 Å². The molecule has 1 fully saturated rings. The number of aliphatic imine (C=N–C) groups is 1. The zero-order chi connectivity index (χ0) is 16.9. The normalized spacial score (nSPS) is 15.0. The zero-order valence-corrected chi connectivity index (χ0v) is 16.6. The molecule has 0 saturated carbocycles. The Balaban J connectivity index is 0.00000225. The third kappa shape index (κ3) is 5.04. The van der Waals surface area contributed by atoms with Crippen LogP contribution in [-0.4, -0.2) is 42.0 Å². The van der Waals surface area contributed by atoms with Gasteiger partial charge in [-0.15, -0.1) is 24.0 Å². The molecule has 2 aromatic rings. The highest BCUT2D eigenvalue weighted by molar-refractivity contribution is 14.0. The van der Waals surface area contributed by atoms with Crippen molar-refractivity contribution in [3.05, 3.63) is 59.5 Å². The first-order valence-corrected chi connectivity index (χ1v) is 8.09. The van der Waals surface area contributed by atoms with Crippen molar-refractivity contribution < 1.29 is 4.39 Å². The number of anilines is 1. The van der Waals surface area contributed by atoms with Gasteiger partial charge in [0, 0.05) is 32.4 Å². The van der Waals surface area contributed by atoms with Gasteiger partial charge in [0.1, 0.15) is 11.6 Å². The molecule has 5 nitrogen and oxygen atoms in total. The van der Waals surface area contributed by atoms with Crippen LogP contribution in [0.15, 0.2) is 47.6 Å². The van der Waals surface area contributed by atoms with Crippen molar-refractivity contribution in [2.24, 2.45) is 10.7 Å². The fourth-order valence-corrected chi connectivity index (χ4v) is 2.78. The summed E-state index contributed by atoms with van der Waals surface area (Å²) in [6.07, 6.45) is 1.81. The topological polar surface area (TPSA) is 57.8 Å². The van der Waals surface area contributed by atoms with E-state index in [1.807, 2.05) is 30.5 Å². The summed E-state index contributed by atoms with van der Waals surface area (Å²) in [6, 6.07) is 11.0. The molecule has 1 aliphatic heterocycles. The van der Waals surface area contributed by atoms with Crippen molar-refractivity contribution in [3.63, 3.8) is 0 Å². The van der Waals surface area contributed by atoms with Crippen LogP contribution >= 0.6 is 24.0 Å². The van der Waals surface area contributed by atoms with Crippen molar-refractivity contribution in [1.82, 2.24) is 9.88 Å². The highest BCUT2D eigenvalue weighted by atomic mass is 127. The Morgan fingerprint density at radius 2 is 1.96 bits per heavy atom. The first-order valence-electron chi connectivity index (χ1n) is 8.09. The van der Waals surface area contributed by atoms with Crippen LogP contribution in [0.1, 0.15) is 11.1 Å². The number of hydrogen-bond donors (Lipinski definition) is 1. The van der Waals surface area contributed by atoms with Crippen molar-refractivity contribution in [3.8, 4) is 0 Å². The maximum Gasteiger partial charge on any atom is 0.191 e.